The summed E-state index contributed by atoms with van der Waals surface area (Å²) in [7, 11) is 0. The zero-order valence-corrected chi connectivity index (χ0v) is 11.7. The molecule has 3 rings (SSSR count). The first-order valence-corrected chi connectivity index (χ1v) is 7.00. The Morgan fingerprint density at radius 1 is 1.29 bits per heavy atom. The summed E-state index contributed by atoms with van der Waals surface area (Å²) >= 11 is 0. The van der Waals surface area contributed by atoms with E-state index < -0.39 is 11.9 Å². The Kier molecular flexibility index (Phi) is 3.45. The predicted molar refractivity (Wildman–Crippen MR) is 72.9 cm³/mol. The Hall–Kier alpha value is -2.24. The van der Waals surface area contributed by atoms with Crippen molar-refractivity contribution in [2.75, 3.05) is 13.3 Å². The minimum absolute atomic E-state index is 0.0810. The lowest BCUT2D eigenvalue weighted by Crippen LogP contribution is -2.32. The molecule has 0 bridgehead atoms. The van der Waals surface area contributed by atoms with Gasteiger partial charge in [-0.15, -0.1) is 0 Å². The number of ether oxygens (including phenoxy) is 2. The zero-order chi connectivity index (χ0) is 15.0. The van der Waals surface area contributed by atoms with Crippen LogP contribution in [0.25, 0.3) is 0 Å². The van der Waals surface area contributed by atoms with Crippen LogP contribution in [0.15, 0.2) is 18.2 Å². The minimum atomic E-state index is -0.882. The Balaban J connectivity index is 1.67. The average Bonchev–Trinajstić information content (AvgIpc) is 3.15. The largest absolute Gasteiger partial charge is 0.481 e. The van der Waals surface area contributed by atoms with E-state index in [-0.39, 0.29) is 18.6 Å². The molecule has 21 heavy (non-hydrogen) atoms. The Bertz CT molecular complexity index is 585. The summed E-state index contributed by atoms with van der Waals surface area (Å²) in [4.78, 5) is 24.9. The van der Waals surface area contributed by atoms with Gasteiger partial charge in [-0.2, -0.15) is 0 Å². The van der Waals surface area contributed by atoms with Crippen LogP contribution < -0.4 is 9.47 Å². The quantitative estimate of drug-likeness (QED) is 0.889. The van der Waals surface area contributed by atoms with Crippen LogP contribution >= 0.6 is 0 Å². The molecule has 1 N–H and O–H groups in total. The SMILES string of the molecule is CCN(Cc1ccc2c(c1)OCO2)C(=O)C1CC1C(=O)O. The summed E-state index contributed by atoms with van der Waals surface area (Å²) in [5.74, 6) is -0.443. The number of hydrogen-bond donors (Lipinski definition) is 1. The fourth-order valence-corrected chi connectivity index (χ4v) is 2.58. The van der Waals surface area contributed by atoms with E-state index in [1.54, 1.807) is 4.90 Å². The predicted octanol–water partition coefficient (Wildman–Crippen LogP) is 1.48. The summed E-state index contributed by atoms with van der Waals surface area (Å²) < 4.78 is 10.6. The van der Waals surface area contributed by atoms with Crippen molar-refractivity contribution >= 4 is 11.9 Å². The van der Waals surface area contributed by atoms with Crippen LogP contribution in [0.2, 0.25) is 0 Å². The van der Waals surface area contributed by atoms with Crippen LogP contribution in [-0.4, -0.2) is 35.2 Å². The number of fused-ring (bicyclic) bond motifs is 1. The smallest absolute Gasteiger partial charge is 0.307 e. The molecule has 6 heteroatoms. The molecule has 1 amide bonds. The monoisotopic (exact) mass is 291 g/mol. The molecule has 0 spiro atoms. The Morgan fingerprint density at radius 2 is 2.05 bits per heavy atom. The van der Waals surface area contributed by atoms with Crippen LogP contribution in [0.1, 0.15) is 18.9 Å². The highest BCUT2D eigenvalue weighted by molar-refractivity contribution is 5.89. The van der Waals surface area contributed by atoms with E-state index in [0.717, 1.165) is 5.56 Å². The van der Waals surface area contributed by atoms with Crippen LogP contribution in [0.3, 0.4) is 0 Å². The Morgan fingerprint density at radius 3 is 2.71 bits per heavy atom. The molecule has 1 aliphatic carbocycles. The average molecular weight is 291 g/mol. The topological polar surface area (TPSA) is 76.1 Å². The van der Waals surface area contributed by atoms with Gasteiger partial charge in [-0.05, 0) is 31.0 Å². The van der Waals surface area contributed by atoms with E-state index >= 15 is 0 Å². The first kappa shape index (κ1) is 13.7. The summed E-state index contributed by atoms with van der Waals surface area (Å²) in [6.45, 7) is 3.12. The van der Waals surface area contributed by atoms with Gasteiger partial charge < -0.3 is 19.5 Å². The van der Waals surface area contributed by atoms with Gasteiger partial charge in [0.1, 0.15) is 0 Å². The second-order valence-corrected chi connectivity index (χ2v) is 5.33. The lowest BCUT2D eigenvalue weighted by atomic mass is 10.1. The van der Waals surface area contributed by atoms with Gasteiger partial charge in [0.05, 0.1) is 11.8 Å². The van der Waals surface area contributed by atoms with Crippen LogP contribution in [0.5, 0.6) is 11.5 Å². The van der Waals surface area contributed by atoms with Crippen molar-refractivity contribution in [1.82, 2.24) is 4.90 Å². The number of carboxylic acids is 1. The standard InChI is InChI=1S/C15H17NO5/c1-2-16(14(17)10-6-11(10)15(18)19)7-9-3-4-12-13(5-9)21-8-20-12/h3-5,10-11H,2,6-8H2,1H3,(H,18,19). The molecule has 1 saturated carbocycles. The Labute approximate surface area is 122 Å². The van der Waals surface area contributed by atoms with Crippen molar-refractivity contribution in [3.63, 3.8) is 0 Å². The van der Waals surface area contributed by atoms with Gasteiger partial charge in [-0.1, -0.05) is 6.07 Å². The second kappa shape index (κ2) is 5.27. The third kappa shape index (κ3) is 2.66. The number of amides is 1. The molecule has 1 aromatic carbocycles. The molecule has 1 heterocycles. The molecule has 0 aromatic heterocycles. The van der Waals surface area contributed by atoms with Crippen LogP contribution in [0, 0.1) is 11.8 Å². The zero-order valence-electron chi connectivity index (χ0n) is 11.7. The summed E-state index contributed by atoms with van der Waals surface area (Å²) in [6.07, 6.45) is 0.450. The minimum Gasteiger partial charge on any atom is -0.481 e. The number of carbonyl (C=O) groups is 2. The van der Waals surface area contributed by atoms with Gasteiger partial charge in [-0.25, -0.2) is 0 Å². The number of nitrogens with zero attached hydrogens (tertiary/aromatic N) is 1. The lowest BCUT2D eigenvalue weighted by Gasteiger charge is -2.21. The normalized spacial score (nSPS) is 22.0. The number of hydrogen-bond acceptors (Lipinski definition) is 4. The fourth-order valence-electron chi connectivity index (χ4n) is 2.58. The van der Waals surface area contributed by atoms with Crippen LogP contribution in [0.4, 0.5) is 0 Å². The number of rotatable bonds is 5. The first-order chi connectivity index (χ1) is 10.1. The third-order valence-corrected chi connectivity index (χ3v) is 3.93. The second-order valence-electron chi connectivity index (χ2n) is 5.33. The first-order valence-electron chi connectivity index (χ1n) is 7.00. The van der Waals surface area contributed by atoms with E-state index in [1.807, 2.05) is 25.1 Å². The van der Waals surface area contributed by atoms with E-state index in [2.05, 4.69) is 0 Å². The molecule has 6 nitrogen and oxygen atoms in total. The number of carbonyl (C=O) groups excluding carboxylic acids is 1. The summed E-state index contributed by atoms with van der Waals surface area (Å²) in [5, 5.41) is 8.92. The maximum atomic E-state index is 12.3. The van der Waals surface area contributed by atoms with Crippen molar-refractivity contribution in [3.05, 3.63) is 23.8 Å². The van der Waals surface area contributed by atoms with Gasteiger partial charge in [0.2, 0.25) is 12.7 Å². The lowest BCUT2D eigenvalue weighted by molar-refractivity contribution is -0.142. The van der Waals surface area contributed by atoms with Gasteiger partial charge >= 0.3 is 5.97 Å². The third-order valence-electron chi connectivity index (χ3n) is 3.93. The summed E-state index contributed by atoms with van der Waals surface area (Å²) in [5.41, 5.74) is 0.946. The van der Waals surface area contributed by atoms with E-state index in [4.69, 9.17) is 14.6 Å². The highest BCUT2D eigenvalue weighted by Gasteiger charge is 2.49. The molecule has 2 unspecified atom stereocenters. The molecule has 1 aliphatic heterocycles. The van der Waals surface area contributed by atoms with Crippen molar-refractivity contribution in [1.29, 1.82) is 0 Å². The van der Waals surface area contributed by atoms with Crippen molar-refractivity contribution in [2.24, 2.45) is 11.8 Å². The highest BCUT2D eigenvalue weighted by Crippen LogP contribution is 2.40. The maximum Gasteiger partial charge on any atom is 0.307 e. The molecule has 2 atom stereocenters. The van der Waals surface area contributed by atoms with Crippen LogP contribution in [-0.2, 0) is 16.1 Å². The van der Waals surface area contributed by atoms with Crippen molar-refractivity contribution < 1.29 is 24.2 Å². The van der Waals surface area contributed by atoms with Gasteiger partial charge in [0.15, 0.2) is 11.5 Å². The van der Waals surface area contributed by atoms with E-state index in [9.17, 15) is 9.59 Å². The van der Waals surface area contributed by atoms with Gasteiger partial charge in [0, 0.05) is 13.1 Å². The van der Waals surface area contributed by atoms with Gasteiger partial charge in [0.25, 0.3) is 0 Å². The molecular formula is C15H17NO5. The molecular weight excluding hydrogens is 274 g/mol. The molecule has 112 valence electrons. The highest BCUT2D eigenvalue weighted by atomic mass is 16.7. The van der Waals surface area contributed by atoms with Crippen molar-refractivity contribution in [3.8, 4) is 11.5 Å². The molecule has 0 saturated heterocycles. The molecule has 1 fully saturated rings. The van der Waals surface area contributed by atoms with Gasteiger partial charge in [-0.3, -0.25) is 9.59 Å². The van der Waals surface area contributed by atoms with E-state index in [1.165, 1.54) is 0 Å². The summed E-state index contributed by atoms with van der Waals surface area (Å²) in [6, 6.07) is 5.58. The van der Waals surface area contributed by atoms with Crippen molar-refractivity contribution in [2.45, 2.75) is 19.9 Å². The molecule has 2 aliphatic rings. The molecule has 0 radical (unpaired) electrons. The number of carboxylic acid groups (broad SMARTS) is 1. The maximum absolute atomic E-state index is 12.3. The van der Waals surface area contributed by atoms with E-state index in [0.29, 0.717) is 31.0 Å². The molecule has 1 aromatic rings. The fraction of sp³-hybridized carbons (Fsp3) is 0.467. The number of aliphatic carboxylic acids is 1. The number of benzene rings is 1.